The van der Waals surface area contributed by atoms with E-state index in [-0.39, 0.29) is 18.1 Å². The molecule has 1 amide bonds. The summed E-state index contributed by atoms with van der Waals surface area (Å²) in [7, 11) is 0. The number of hydrogen-bond acceptors (Lipinski definition) is 2. The summed E-state index contributed by atoms with van der Waals surface area (Å²) in [4.78, 5) is 11.0. The molecule has 0 saturated carbocycles. The molecule has 3 nitrogen and oxygen atoms in total. The maximum Gasteiger partial charge on any atom is 0.217 e. The third-order valence-electron chi connectivity index (χ3n) is 2.49. The Morgan fingerprint density at radius 2 is 2.20 bits per heavy atom. The Morgan fingerprint density at radius 3 is 2.73 bits per heavy atom. The van der Waals surface area contributed by atoms with E-state index in [9.17, 15) is 4.79 Å². The molecule has 1 aromatic carbocycles. The largest absolute Gasteiger partial charge is 0.371 e. The van der Waals surface area contributed by atoms with Crippen LogP contribution >= 0.6 is 0 Å². The number of amides is 1. The van der Waals surface area contributed by atoms with E-state index in [0.29, 0.717) is 0 Å². The number of epoxide rings is 1. The lowest BCUT2D eigenvalue weighted by molar-refractivity contribution is -0.119. The second-order valence-electron chi connectivity index (χ2n) is 3.87. The van der Waals surface area contributed by atoms with Crippen LogP contribution in [-0.4, -0.2) is 24.7 Å². The average molecular weight is 205 g/mol. The molecule has 1 saturated heterocycles. The van der Waals surface area contributed by atoms with Gasteiger partial charge in [-0.05, 0) is 12.0 Å². The van der Waals surface area contributed by atoms with Crippen molar-refractivity contribution >= 4 is 5.91 Å². The molecule has 0 radical (unpaired) electrons. The van der Waals surface area contributed by atoms with Gasteiger partial charge in [0.15, 0.2) is 0 Å². The standard InChI is InChI=1S/C12H15NO2/c1-9(14)13-11(12-8-15-12)7-10-5-3-2-4-6-10/h2-6,11-12H,7-8H2,1H3,(H,13,14)/t11-,12+/m0/s1. The molecule has 15 heavy (non-hydrogen) atoms. The predicted molar refractivity (Wildman–Crippen MR) is 57.5 cm³/mol. The molecule has 3 heteroatoms. The molecule has 80 valence electrons. The van der Waals surface area contributed by atoms with Crippen molar-refractivity contribution in [1.29, 1.82) is 0 Å². The molecule has 2 atom stereocenters. The first-order valence-corrected chi connectivity index (χ1v) is 5.18. The van der Waals surface area contributed by atoms with E-state index in [2.05, 4.69) is 17.4 Å². The Morgan fingerprint density at radius 1 is 1.53 bits per heavy atom. The summed E-state index contributed by atoms with van der Waals surface area (Å²) in [6.07, 6.45) is 1.04. The SMILES string of the molecule is CC(=O)N[C@@H](Cc1ccccc1)[C@H]1CO1. The Labute approximate surface area is 89.4 Å². The molecule has 0 bridgehead atoms. The van der Waals surface area contributed by atoms with Crippen molar-refractivity contribution in [1.82, 2.24) is 5.32 Å². The number of hydrogen-bond donors (Lipinski definition) is 1. The van der Waals surface area contributed by atoms with Gasteiger partial charge in [0.1, 0.15) is 6.10 Å². The molecule has 0 aromatic heterocycles. The highest BCUT2D eigenvalue weighted by atomic mass is 16.6. The number of nitrogens with one attached hydrogen (secondary N) is 1. The molecule has 1 heterocycles. The molecule has 0 spiro atoms. The highest BCUT2D eigenvalue weighted by Gasteiger charge is 2.33. The van der Waals surface area contributed by atoms with Gasteiger partial charge in [-0.25, -0.2) is 0 Å². The summed E-state index contributed by atoms with van der Waals surface area (Å²) in [5.74, 6) is 0.00595. The topological polar surface area (TPSA) is 41.6 Å². The van der Waals surface area contributed by atoms with Crippen LogP contribution in [0.3, 0.4) is 0 Å². The molecular weight excluding hydrogens is 190 g/mol. The first-order valence-electron chi connectivity index (χ1n) is 5.18. The lowest BCUT2D eigenvalue weighted by atomic mass is 10.0. The molecule has 0 aliphatic carbocycles. The van der Waals surface area contributed by atoms with Gasteiger partial charge < -0.3 is 10.1 Å². The maximum absolute atomic E-state index is 11.0. The molecule has 2 rings (SSSR count). The average Bonchev–Trinajstić information content (AvgIpc) is 3.01. The second-order valence-corrected chi connectivity index (χ2v) is 3.87. The smallest absolute Gasteiger partial charge is 0.217 e. The van der Waals surface area contributed by atoms with Crippen molar-refractivity contribution in [2.75, 3.05) is 6.61 Å². The minimum atomic E-state index is 0.00595. The monoisotopic (exact) mass is 205 g/mol. The van der Waals surface area contributed by atoms with Gasteiger partial charge in [0, 0.05) is 6.92 Å². The molecule has 0 unspecified atom stereocenters. The van der Waals surface area contributed by atoms with Gasteiger partial charge >= 0.3 is 0 Å². The molecule has 1 aromatic rings. The van der Waals surface area contributed by atoms with Crippen molar-refractivity contribution in [3.8, 4) is 0 Å². The maximum atomic E-state index is 11.0. The summed E-state index contributed by atoms with van der Waals surface area (Å²) in [6.45, 7) is 2.30. The number of rotatable bonds is 4. The minimum Gasteiger partial charge on any atom is -0.371 e. The van der Waals surface area contributed by atoms with Crippen LogP contribution in [0.1, 0.15) is 12.5 Å². The third-order valence-corrected chi connectivity index (χ3v) is 2.49. The van der Waals surface area contributed by atoms with Gasteiger partial charge in [0.25, 0.3) is 0 Å². The summed E-state index contributed by atoms with van der Waals surface area (Å²) < 4.78 is 5.23. The number of ether oxygens (including phenoxy) is 1. The van der Waals surface area contributed by atoms with E-state index in [0.717, 1.165) is 13.0 Å². The molecule has 1 N–H and O–H groups in total. The third kappa shape index (κ3) is 3.06. The van der Waals surface area contributed by atoms with Crippen LogP contribution in [0, 0.1) is 0 Å². The minimum absolute atomic E-state index is 0.00595. The zero-order valence-electron chi connectivity index (χ0n) is 8.77. The fourth-order valence-electron chi connectivity index (χ4n) is 1.69. The van der Waals surface area contributed by atoms with E-state index in [4.69, 9.17) is 4.74 Å². The van der Waals surface area contributed by atoms with Crippen LogP contribution in [0.25, 0.3) is 0 Å². The van der Waals surface area contributed by atoms with E-state index in [1.807, 2.05) is 18.2 Å². The van der Waals surface area contributed by atoms with E-state index >= 15 is 0 Å². The van der Waals surface area contributed by atoms with E-state index < -0.39 is 0 Å². The van der Waals surface area contributed by atoms with Crippen molar-refractivity contribution < 1.29 is 9.53 Å². The van der Waals surface area contributed by atoms with Gasteiger partial charge in [-0.2, -0.15) is 0 Å². The van der Waals surface area contributed by atoms with E-state index in [1.165, 1.54) is 5.56 Å². The van der Waals surface area contributed by atoms with Crippen molar-refractivity contribution in [2.45, 2.75) is 25.5 Å². The number of carbonyl (C=O) groups excluding carboxylic acids is 1. The van der Waals surface area contributed by atoms with Crippen LogP contribution in [0.15, 0.2) is 30.3 Å². The zero-order chi connectivity index (χ0) is 10.7. The molecule has 1 fully saturated rings. The quantitative estimate of drug-likeness (QED) is 0.749. The van der Waals surface area contributed by atoms with Crippen LogP contribution < -0.4 is 5.32 Å². The van der Waals surface area contributed by atoms with Crippen molar-refractivity contribution in [3.05, 3.63) is 35.9 Å². The first kappa shape index (κ1) is 10.2. The zero-order valence-corrected chi connectivity index (χ0v) is 8.77. The van der Waals surface area contributed by atoms with Crippen LogP contribution in [0.2, 0.25) is 0 Å². The molecular formula is C12H15NO2. The fraction of sp³-hybridized carbons (Fsp3) is 0.417. The van der Waals surface area contributed by atoms with Crippen LogP contribution in [0.4, 0.5) is 0 Å². The Hall–Kier alpha value is -1.35. The Kier molecular flexibility index (Phi) is 3.02. The van der Waals surface area contributed by atoms with Crippen molar-refractivity contribution in [2.24, 2.45) is 0 Å². The second kappa shape index (κ2) is 4.45. The highest BCUT2D eigenvalue weighted by molar-refractivity contribution is 5.73. The summed E-state index contributed by atoms with van der Waals surface area (Å²) in [5.41, 5.74) is 1.23. The van der Waals surface area contributed by atoms with Gasteiger partial charge in [-0.15, -0.1) is 0 Å². The lowest BCUT2D eigenvalue weighted by Gasteiger charge is -2.15. The number of carbonyl (C=O) groups is 1. The normalized spacial score (nSPS) is 20.7. The highest BCUT2D eigenvalue weighted by Crippen LogP contribution is 2.17. The van der Waals surface area contributed by atoms with Gasteiger partial charge in [-0.1, -0.05) is 30.3 Å². The first-order chi connectivity index (χ1) is 7.25. The fourth-order valence-corrected chi connectivity index (χ4v) is 1.69. The van der Waals surface area contributed by atoms with Crippen LogP contribution in [0.5, 0.6) is 0 Å². The Bertz CT molecular complexity index is 333. The van der Waals surface area contributed by atoms with Gasteiger partial charge in [0.05, 0.1) is 12.6 Å². The lowest BCUT2D eigenvalue weighted by Crippen LogP contribution is -2.39. The van der Waals surface area contributed by atoms with Gasteiger partial charge in [0.2, 0.25) is 5.91 Å². The van der Waals surface area contributed by atoms with Crippen LogP contribution in [-0.2, 0) is 16.0 Å². The number of benzene rings is 1. The summed E-state index contributed by atoms with van der Waals surface area (Å²) in [6, 6.07) is 10.3. The summed E-state index contributed by atoms with van der Waals surface area (Å²) >= 11 is 0. The van der Waals surface area contributed by atoms with Crippen molar-refractivity contribution in [3.63, 3.8) is 0 Å². The molecule has 1 aliphatic heterocycles. The van der Waals surface area contributed by atoms with E-state index in [1.54, 1.807) is 6.92 Å². The summed E-state index contributed by atoms with van der Waals surface area (Å²) in [5, 5.41) is 2.93. The predicted octanol–water partition coefficient (Wildman–Crippen LogP) is 1.13. The molecule has 1 aliphatic rings. The Balaban J connectivity index is 1.97. The van der Waals surface area contributed by atoms with Gasteiger partial charge in [-0.3, -0.25) is 4.79 Å².